The molecule has 2 N–H and O–H groups in total. The van der Waals surface area contributed by atoms with Gasteiger partial charge in [0.05, 0.1) is 31.0 Å². The molecule has 0 unspecified atom stereocenters. The van der Waals surface area contributed by atoms with Crippen molar-refractivity contribution in [3.63, 3.8) is 0 Å². The van der Waals surface area contributed by atoms with Crippen LogP contribution in [0.4, 0.5) is 5.69 Å². The van der Waals surface area contributed by atoms with E-state index in [1.807, 2.05) is 6.92 Å². The van der Waals surface area contributed by atoms with Crippen molar-refractivity contribution < 1.29 is 33.3 Å². The van der Waals surface area contributed by atoms with Crippen molar-refractivity contribution in [1.82, 2.24) is 5.43 Å². The number of nitrogens with one attached hydrogen (secondary N) is 2. The number of halogens is 1. The van der Waals surface area contributed by atoms with Gasteiger partial charge in [-0.15, -0.1) is 0 Å². The summed E-state index contributed by atoms with van der Waals surface area (Å²) < 4.78 is 21.6. The van der Waals surface area contributed by atoms with Gasteiger partial charge in [0.15, 0.2) is 18.1 Å². The number of hydrogen-bond donors (Lipinski definition) is 2. The van der Waals surface area contributed by atoms with Crippen LogP contribution in [0.3, 0.4) is 0 Å². The monoisotopic (exact) mass is 549 g/mol. The van der Waals surface area contributed by atoms with Crippen LogP contribution in [0.25, 0.3) is 0 Å². The Morgan fingerprint density at radius 1 is 1.00 bits per heavy atom. The number of methoxy groups -OCH3 is 1. The minimum atomic E-state index is -0.493. The van der Waals surface area contributed by atoms with Gasteiger partial charge in [-0.1, -0.05) is 0 Å². The fraction of sp³-hybridized carbons (Fsp3) is 0.333. The predicted octanol–water partition coefficient (Wildman–Crippen LogP) is 3.67. The zero-order chi connectivity index (χ0) is 25.6. The molecule has 0 fully saturated rings. The largest absolute Gasteiger partial charge is 0.497 e. The van der Waals surface area contributed by atoms with Gasteiger partial charge >= 0.3 is 5.97 Å². The quantitative estimate of drug-likeness (QED) is 0.222. The summed E-state index contributed by atoms with van der Waals surface area (Å²) in [6, 6.07) is 10.2. The van der Waals surface area contributed by atoms with Gasteiger partial charge in [0.2, 0.25) is 11.8 Å². The van der Waals surface area contributed by atoms with E-state index in [1.54, 1.807) is 50.4 Å². The van der Waals surface area contributed by atoms with Crippen molar-refractivity contribution in [3.8, 4) is 17.2 Å². The third-order valence-corrected chi connectivity index (χ3v) is 4.92. The lowest BCUT2D eigenvalue weighted by Crippen LogP contribution is -2.20. The fourth-order valence-corrected chi connectivity index (χ4v) is 3.33. The molecule has 0 aromatic heterocycles. The van der Waals surface area contributed by atoms with Crippen molar-refractivity contribution in [2.45, 2.75) is 26.7 Å². The number of nitrogens with zero attached hydrogens (tertiary/aromatic N) is 1. The molecule has 0 saturated carbocycles. The maximum atomic E-state index is 12.0. The maximum Gasteiger partial charge on any atom is 0.344 e. The molecule has 0 atom stereocenters. The highest BCUT2D eigenvalue weighted by Crippen LogP contribution is 2.36. The average molecular weight is 550 g/mol. The maximum absolute atomic E-state index is 12.0. The van der Waals surface area contributed by atoms with Crippen LogP contribution in [-0.2, 0) is 19.1 Å². The summed E-state index contributed by atoms with van der Waals surface area (Å²) in [6.45, 7) is 3.90. The second-order valence-electron chi connectivity index (χ2n) is 6.93. The molecule has 2 aromatic carbocycles. The van der Waals surface area contributed by atoms with Gasteiger partial charge < -0.3 is 24.3 Å². The van der Waals surface area contributed by atoms with E-state index in [4.69, 9.17) is 18.9 Å². The van der Waals surface area contributed by atoms with Gasteiger partial charge in [-0.25, -0.2) is 10.2 Å². The van der Waals surface area contributed by atoms with Crippen molar-refractivity contribution in [2.24, 2.45) is 5.10 Å². The van der Waals surface area contributed by atoms with Gasteiger partial charge in [0, 0.05) is 18.5 Å². The lowest BCUT2D eigenvalue weighted by atomic mass is 10.2. The summed E-state index contributed by atoms with van der Waals surface area (Å²) in [6.07, 6.45) is 1.39. The topological polar surface area (TPSA) is 125 Å². The van der Waals surface area contributed by atoms with E-state index in [-0.39, 0.29) is 32.0 Å². The van der Waals surface area contributed by atoms with Crippen LogP contribution in [0.1, 0.15) is 32.3 Å². The number of rotatable bonds is 13. The Labute approximate surface area is 212 Å². The number of carbonyl (C=O) groups excluding carboxylic acids is 3. The van der Waals surface area contributed by atoms with Crippen molar-refractivity contribution >= 4 is 45.6 Å². The lowest BCUT2D eigenvalue weighted by Gasteiger charge is -2.14. The number of anilines is 1. The molecule has 0 aliphatic carbocycles. The molecule has 35 heavy (non-hydrogen) atoms. The summed E-state index contributed by atoms with van der Waals surface area (Å²) >= 11 is 3.40. The predicted molar refractivity (Wildman–Crippen MR) is 134 cm³/mol. The SMILES string of the molecule is CCOC(=O)COc1c(Br)cc(C=NNC(=O)CCC(=O)Nc2ccc(OC)cc2)cc1OCC. The molecule has 2 rings (SSSR count). The second-order valence-corrected chi connectivity index (χ2v) is 7.78. The molecule has 2 aromatic rings. The first-order chi connectivity index (χ1) is 16.9. The Hall–Kier alpha value is -3.60. The smallest absolute Gasteiger partial charge is 0.344 e. The van der Waals surface area contributed by atoms with Crippen LogP contribution in [0.15, 0.2) is 46.0 Å². The fourth-order valence-electron chi connectivity index (χ4n) is 2.76. The number of ether oxygens (including phenoxy) is 4. The molecule has 0 heterocycles. The first kappa shape index (κ1) is 27.6. The standard InChI is InChI=1S/C24H28BrN3O7/c1-4-33-20-13-16(12-19(25)24(20)35-15-23(31)34-5-2)14-26-28-22(30)11-10-21(29)27-17-6-8-18(32-3)9-7-17/h6-9,12-14H,4-5,10-11,15H2,1-3H3,(H,27,29)(H,28,30). The number of hydrogen-bond acceptors (Lipinski definition) is 8. The zero-order valence-electron chi connectivity index (χ0n) is 19.8. The Morgan fingerprint density at radius 2 is 1.71 bits per heavy atom. The Bertz CT molecular complexity index is 1040. The Balaban J connectivity index is 1.88. The molecule has 10 nitrogen and oxygen atoms in total. The highest BCUT2D eigenvalue weighted by Gasteiger charge is 2.14. The highest BCUT2D eigenvalue weighted by molar-refractivity contribution is 9.10. The molecular formula is C24H28BrN3O7. The third-order valence-electron chi connectivity index (χ3n) is 4.33. The van der Waals surface area contributed by atoms with Gasteiger partial charge in [0.25, 0.3) is 0 Å². The molecule has 0 aliphatic rings. The van der Waals surface area contributed by atoms with E-state index >= 15 is 0 Å². The molecule has 0 radical (unpaired) electrons. The number of carbonyl (C=O) groups is 3. The summed E-state index contributed by atoms with van der Waals surface area (Å²) in [5.41, 5.74) is 3.61. The molecule has 0 aliphatic heterocycles. The zero-order valence-corrected chi connectivity index (χ0v) is 21.3. The Kier molecular flexibility index (Phi) is 11.5. The lowest BCUT2D eigenvalue weighted by molar-refractivity contribution is -0.145. The van der Waals surface area contributed by atoms with Gasteiger partial charge in [-0.2, -0.15) is 5.10 Å². The van der Waals surface area contributed by atoms with Crippen LogP contribution in [-0.4, -0.2) is 50.9 Å². The number of benzene rings is 2. The number of hydrazone groups is 1. The van der Waals surface area contributed by atoms with E-state index in [2.05, 4.69) is 31.8 Å². The molecule has 0 bridgehead atoms. The summed E-state index contributed by atoms with van der Waals surface area (Å²) in [5.74, 6) is 0.230. The van der Waals surface area contributed by atoms with E-state index in [0.29, 0.717) is 39.6 Å². The van der Waals surface area contributed by atoms with E-state index in [9.17, 15) is 14.4 Å². The molecule has 11 heteroatoms. The minimum absolute atomic E-state index is 0.0000790. The highest BCUT2D eigenvalue weighted by atomic mass is 79.9. The normalized spacial score (nSPS) is 10.5. The molecule has 2 amide bonds. The van der Waals surface area contributed by atoms with Crippen LogP contribution in [0, 0.1) is 0 Å². The number of amides is 2. The first-order valence-electron chi connectivity index (χ1n) is 10.9. The molecule has 0 saturated heterocycles. The molecular weight excluding hydrogens is 522 g/mol. The van der Waals surface area contributed by atoms with E-state index in [0.717, 1.165) is 0 Å². The van der Waals surface area contributed by atoms with Crippen LogP contribution < -0.4 is 25.0 Å². The van der Waals surface area contributed by atoms with Crippen molar-refractivity contribution in [1.29, 1.82) is 0 Å². The number of esters is 1. The van der Waals surface area contributed by atoms with Crippen LogP contribution in [0.2, 0.25) is 0 Å². The first-order valence-corrected chi connectivity index (χ1v) is 11.7. The van der Waals surface area contributed by atoms with Crippen LogP contribution >= 0.6 is 15.9 Å². The summed E-state index contributed by atoms with van der Waals surface area (Å²) in [5, 5.41) is 6.64. The third kappa shape index (κ3) is 9.65. The second kappa shape index (κ2) is 14.6. The van der Waals surface area contributed by atoms with Gasteiger partial charge in [0.1, 0.15) is 5.75 Å². The van der Waals surface area contributed by atoms with Gasteiger partial charge in [-0.05, 0) is 71.7 Å². The van der Waals surface area contributed by atoms with E-state index < -0.39 is 11.9 Å². The van der Waals surface area contributed by atoms with E-state index in [1.165, 1.54) is 6.21 Å². The van der Waals surface area contributed by atoms with Gasteiger partial charge in [-0.3, -0.25) is 9.59 Å². The molecule has 188 valence electrons. The average Bonchev–Trinajstić information content (AvgIpc) is 2.83. The summed E-state index contributed by atoms with van der Waals surface area (Å²) in [4.78, 5) is 35.7. The van der Waals surface area contributed by atoms with Crippen LogP contribution in [0.5, 0.6) is 17.2 Å². The molecule has 0 spiro atoms. The van der Waals surface area contributed by atoms with Crippen molar-refractivity contribution in [3.05, 3.63) is 46.4 Å². The Morgan fingerprint density at radius 3 is 2.37 bits per heavy atom. The van der Waals surface area contributed by atoms with Crippen molar-refractivity contribution in [2.75, 3.05) is 32.2 Å². The summed E-state index contributed by atoms with van der Waals surface area (Å²) in [7, 11) is 1.56. The minimum Gasteiger partial charge on any atom is -0.497 e.